The van der Waals surface area contributed by atoms with E-state index in [2.05, 4.69) is 46.8 Å². The van der Waals surface area contributed by atoms with Crippen LogP contribution >= 0.6 is 15.9 Å². The number of halogens is 1. The topological polar surface area (TPSA) is 20.3 Å². The van der Waals surface area contributed by atoms with Crippen molar-refractivity contribution in [2.45, 2.75) is 40.0 Å². The molecule has 1 fully saturated rings. The number of ketones is 1. The SMILES string of the molecule is CC(=O)c1ccc(N2CCCC(C(C)C)CC2)cc1Br. The second-order valence-corrected chi connectivity index (χ2v) is 7.00. The molecule has 1 atom stereocenters. The van der Waals surface area contributed by atoms with Crippen LogP contribution < -0.4 is 4.90 Å². The van der Waals surface area contributed by atoms with Crippen molar-refractivity contribution < 1.29 is 4.79 Å². The van der Waals surface area contributed by atoms with Gasteiger partial charge < -0.3 is 4.90 Å². The fraction of sp³-hybridized carbons (Fsp3) is 0.588. The van der Waals surface area contributed by atoms with E-state index in [0.717, 1.165) is 35.0 Å². The first kappa shape index (κ1) is 15.6. The highest BCUT2D eigenvalue weighted by atomic mass is 79.9. The molecule has 1 aromatic carbocycles. The molecule has 1 aliphatic rings. The summed E-state index contributed by atoms with van der Waals surface area (Å²) in [5.41, 5.74) is 2.00. The molecule has 0 radical (unpaired) electrons. The van der Waals surface area contributed by atoms with Crippen LogP contribution in [-0.4, -0.2) is 18.9 Å². The Kier molecular flexibility index (Phi) is 5.25. The Morgan fingerprint density at radius 2 is 2.05 bits per heavy atom. The summed E-state index contributed by atoms with van der Waals surface area (Å²) >= 11 is 3.52. The Morgan fingerprint density at radius 3 is 2.65 bits per heavy atom. The van der Waals surface area contributed by atoms with Gasteiger partial charge in [0.15, 0.2) is 5.78 Å². The number of rotatable bonds is 3. The van der Waals surface area contributed by atoms with Gasteiger partial charge in [0.1, 0.15) is 0 Å². The summed E-state index contributed by atoms with van der Waals surface area (Å²) in [5, 5.41) is 0. The summed E-state index contributed by atoms with van der Waals surface area (Å²) in [5.74, 6) is 1.74. The highest BCUT2D eigenvalue weighted by molar-refractivity contribution is 9.10. The Hall–Kier alpha value is -0.830. The van der Waals surface area contributed by atoms with Crippen LogP contribution in [0.15, 0.2) is 22.7 Å². The lowest BCUT2D eigenvalue weighted by atomic mass is 9.89. The molecule has 1 saturated heterocycles. The standard InChI is InChI=1S/C17H24BrNO/c1-12(2)14-5-4-9-19(10-8-14)15-6-7-16(13(3)20)17(18)11-15/h6-7,11-12,14H,4-5,8-10H2,1-3H3. The number of Topliss-reactive ketones (excluding diaryl/α,β-unsaturated/α-hetero) is 1. The number of nitrogens with zero attached hydrogens (tertiary/aromatic N) is 1. The molecule has 20 heavy (non-hydrogen) atoms. The lowest BCUT2D eigenvalue weighted by molar-refractivity contribution is 0.101. The van der Waals surface area contributed by atoms with Gasteiger partial charge in [0.05, 0.1) is 0 Å². The molecule has 0 aliphatic carbocycles. The van der Waals surface area contributed by atoms with E-state index in [9.17, 15) is 4.79 Å². The minimum atomic E-state index is 0.110. The van der Waals surface area contributed by atoms with E-state index >= 15 is 0 Å². The average molecular weight is 338 g/mol. The van der Waals surface area contributed by atoms with Crippen molar-refractivity contribution in [1.29, 1.82) is 0 Å². The summed E-state index contributed by atoms with van der Waals surface area (Å²) in [6.45, 7) is 8.51. The molecule has 0 bridgehead atoms. The lowest BCUT2D eigenvalue weighted by Crippen LogP contribution is -2.24. The van der Waals surface area contributed by atoms with Crippen molar-refractivity contribution in [3.05, 3.63) is 28.2 Å². The average Bonchev–Trinajstić information content (AvgIpc) is 2.63. The van der Waals surface area contributed by atoms with E-state index in [4.69, 9.17) is 0 Å². The first-order valence-electron chi connectivity index (χ1n) is 7.54. The van der Waals surface area contributed by atoms with Crippen molar-refractivity contribution in [3.8, 4) is 0 Å². The minimum absolute atomic E-state index is 0.110. The molecule has 1 aromatic rings. The van der Waals surface area contributed by atoms with Crippen molar-refractivity contribution in [2.75, 3.05) is 18.0 Å². The maximum atomic E-state index is 11.5. The van der Waals surface area contributed by atoms with E-state index in [-0.39, 0.29) is 5.78 Å². The van der Waals surface area contributed by atoms with Gasteiger partial charge in [-0.1, -0.05) is 13.8 Å². The van der Waals surface area contributed by atoms with E-state index in [1.807, 2.05) is 6.07 Å². The predicted octanol–water partition coefficient (Wildman–Crippen LogP) is 4.91. The number of hydrogen-bond donors (Lipinski definition) is 0. The predicted molar refractivity (Wildman–Crippen MR) is 88.5 cm³/mol. The van der Waals surface area contributed by atoms with E-state index in [1.54, 1.807) is 6.92 Å². The van der Waals surface area contributed by atoms with Gasteiger partial charge in [0.25, 0.3) is 0 Å². The van der Waals surface area contributed by atoms with Gasteiger partial charge in [-0.25, -0.2) is 0 Å². The normalized spacial score (nSPS) is 20.1. The summed E-state index contributed by atoms with van der Waals surface area (Å²) in [6, 6.07) is 6.11. The van der Waals surface area contributed by atoms with Gasteiger partial charge in [-0.3, -0.25) is 4.79 Å². The molecular weight excluding hydrogens is 314 g/mol. The van der Waals surface area contributed by atoms with E-state index < -0.39 is 0 Å². The van der Waals surface area contributed by atoms with Crippen molar-refractivity contribution in [2.24, 2.45) is 11.8 Å². The lowest BCUT2D eigenvalue weighted by Gasteiger charge is -2.24. The van der Waals surface area contributed by atoms with Gasteiger partial charge >= 0.3 is 0 Å². The number of carbonyl (C=O) groups is 1. The minimum Gasteiger partial charge on any atom is -0.371 e. The molecule has 1 heterocycles. The summed E-state index contributed by atoms with van der Waals surface area (Å²) in [7, 11) is 0. The smallest absolute Gasteiger partial charge is 0.160 e. The summed E-state index contributed by atoms with van der Waals surface area (Å²) < 4.78 is 0.909. The van der Waals surface area contributed by atoms with Gasteiger partial charge in [-0.15, -0.1) is 0 Å². The van der Waals surface area contributed by atoms with Crippen LogP contribution in [-0.2, 0) is 0 Å². The Labute approximate surface area is 130 Å². The third-order valence-electron chi connectivity index (χ3n) is 4.41. The second kappa shape index (κ2) is 6.75. The number of carbonyl (C=O) groups excluding carboxylic acids is 1. The Morgan fingerprint density at radius 1 is 1.30 bits per heavy atom. The zero-order valence-corrected chi connectivity index (χ0v) is 14.2. The van der Waals surface area contributed by atoms with Crippen LogP contribution in [0.3, 0.4) is 0 Å². The number of anilines is 1. The zero-order chi connectivity index (χ0) is 14.7. The third kappa shape index (κ3) is 3.63. The fourth-order valence-corrected chi connectivity index (χ4v) is 3.68. The van der Waals surface area contributed by atoms with Crippen LogP contribution in [0.1, 0.15) is 50.4 Å². The molecule has 0 amide bonds. The highest BCUT2D eigenvalue weighted by Crippen LogP contribution is 2.29. The maximum absolute atomic E-state index is 11.5. The van der Waals surface area contributed by atoms with Crippen molar-refractivity contribution in [1.82, 2.24) is 0 Å². The first-order valence-corrected chi connectivity index (χ1v) is 8.33. The molecule has 1 unspecified atom stereocenters. The molecule has 0 spiro atoms. The van der Waals surface area contributed by atoms with Gasteiger partial charge in [-0.05, 0) is 72.2 Å². The quantitative estimate of drug-likeness (QED) is 0.730. The van der Waals surface area contributed by atoms with Crippen molar-refractivity contribution >= 4 is 27.4 Å². The molecule has 2 nitrogen and oxygen atoms in total. The molecule has 3 heteroatoms. The van der Waals surface area contributed by atoms with Gasteiger partial charge in [0.2, 0.25) is 0 Å². The molecule has 0 aromatic heterocycles. The maximum Gasteiger partial charge on any atom is 0.160 e. The monoisotopic (exact) mass is 337 g/mol. The molecule has 110 valence electrons. The second-order valence-electron chi connectivity index (χ2n) is 6.14. The first-order chi connectivity index (χ1) is 9.49. The molecule has 0 saturated carbocycles. The van der Waals surface area contributed by atoms with Crippen LogP contribution in [0, 0.1) is 11.8 Å². The van der Waals surface area contributed by atoms with Gasteiger partial charge in [0, 0.05) is 28.8 Å². The van der Waals surface area contributed by atoms with E-state index in [1.165, 1.54) is 24.9 Å². The molecule has 0 N–H and O–H groups in total. The molecule has 2 rings (SSSR count). The molecular formula is C17H24BrNO. The van der Waals surface area contributed by atoms with Crippen molar-refractivity contribution in [3.63, 3.8) is 0 Å². The number of hydrogen-bond acceptors (Lipinski definition) is 2. The Bertz CT molecular complexity index is 484. The third-order valence-corrected chi connectivity index (χ3v) is 5.07. The summed E-state index contributed by atoms with van der Waals surface area (Å²) in [4.78, 5) is 13.9. The highest BCUT2D eigenvalue weighted by Gasteiger charge is 2.20. The summed E-state index contributed by atoms with van der Waals surface area (Å²) in [6.07, 6.45) is 3.86. The van der Waals surface area contributed by atoms with Gasteiger partial charge in [-0.2, -0.15) is 0 Å². The fourth-order valence-electron chi connectivity index (χ4n) is 3.03. The molecule has 1 aliphatic heterocycles. The number of benzene rings is 1. The largest absolute Gasteiger partial charge is 0.371 e. The van der Waals surface area contributed by atoms with E-state index in [0.29, 0.717) is 0 Å². The van der Waals surface area contributed by atoms with Crippen LogP contribution in [0.25, 0.3) is 0 Å². The van der Waals surface area contributed by atoms with Crippen LogP contribution in [0.5, 0.6) is 0 Å². The van der Waals surface area contributed by atoms with Crippen LogP contribution in [0.4, 0.5) is 5.69 Å². The zero-order valence-electron chi connectivity index (χ0n) is 12.7. The Balaban J connectivity index is 2.12. The van der Waals surface area contributed by atoms with Crippen LogP contribution in [0.2, 0.25) is 0 Å².